The first kappa shape index (κ1) is 21.2. The Kier molecular flexibility index (Phi) is 5.42. The average Bonchev–Trinajstić information content (AvgIpc) is 3.33. The quantitative estimate of drug-likeness (QED) is 0.446. The van der Waals surface area contributed by atoms with Gasteiger partial charge < -0.3 is 9.73 Å². The van der Waals surface area contributed by atoms with E-state index in [4.69, 9.17) is 4.42 Å². The molecule has 2 aromatic heterocycles. The number of anilines is 1. The fraction of sp³-hybridized carbons (Fsp3) is 0.182. The maximum atomic E-state index is 12.6. The van der Waals surface area contributed by atoms with Crippen molar-refractivity contribution in [3.8, 4) is 10.8 Å². The topological polar surface area (TPSA) is 101 Å². The summed E-state index contributed by atoms with van der Waals surface area (Å²) in [5, 5.41) is 3.37. The molecule has 2 heterocycles. The Hall–Kier alpha value is -3.01. The molecule has 2 aromatic carbocycles. The van der Waals surface area contributed by atoms with E-state index in [1.165, 1.54) is 23.5 Å². The molecule has 9 heteroatoms. The molecule has 0 unspecified atom stereocenters. The molecular weight excluding hydrogens is 434 g/mol. The highest BCUT2D eigenvalue weighted by Gasteiger charge is 2.22. The van der Waals surface area contributed by atoms with Gasteiger partial charge in [-0.3, -0.25) is 4.79 Å². The largest absolute Gasteiger partial charge is 0.448 e. The summed E-state index contributed by atoms with van der Waals surface area (Å²) in [6.07, 6.45) is 0. The Morgan fingerprint density at radius 1 is 1.03 bits per heavy atom. The number of benzene rings is 2. The minimum absolute atomic E-state index is 0.0647. The first-order valence-electron chi connectivity index (χ1n) is 9.52. The van der Waals surface area contributed by atoms with Crippen molar-refractivity contribution in [1.29, 1.82) is 0 Å². The van der Waals surface area contributed by atoms with Crippen molar-refractivity contribution in [3.05, 3.63) is 66.4 Å². The van der Waals surface area contributed by atoms with E-state index >= 15 is 0 Å². The average molecular weight is 456 g/mol. The van der Waals surface area contributed by atoms with Crippen LogP contribution in [0.15, 0.2) is 70.0 Å². The van der Waals surface area contributed by atoms with Gasteiger partial charge in [-0.05, 0) is 63.2 Å². The lowest BCUT2D eigenvalue weighted by Gasteiger charge is -2.20. The maximum absolute atomic E-state index is 12.6. The van der Waals surface area contributed by atoms with Crippen LogP contribution in [0.2, 0.25) is 0 Å². The molecule has 0 saturated heterocycles. The summed E-state index contributed by atoms with van der Waals surface area (Å²) >= 11 is 1.48. The molecule has 4 rings (SSSR count). The zero-order chi connectivity index (χ0) is 22.2. The van der Waals surface area contributed by atoms with E-state index in [1.54, 1.807) is 45.0 Å². The van der Waals surface area contributed by atoms with Crippen LogP contribution in [0, 0.1) is 0 Å². The summed E-state index contributed by atoms with van der Waals surface area (Å²) in [6, 6.07) is 17.1. The van der Waals surface area contributed by atoms with Gasteiger partial charge in [0.25, 0.3) is 5.91 Å². The minimum atomic E-state index is -3.72. The lowest BCUT2D eigenvalue weighted by molar-refractivity contribution is 0.0997. The van der Waals surface area contributed by atoms with Crippen molar-refractivity contribution < 1.29 is 17.6 Å². The zero-order valence-corrected chi connectivity index (χ0v) is 18.8. The number of thiazole rings is 1. The van der Waals surface area contributed by atoms with Gasteiger partial charge >= 0.3 is 0 Å². The maximum Gasteiger partial charge on any atom is 0.291 e. The number of furan rings is 1. The first-order chi connectivity index (χ1) is 14.6. The first-order valence-corrected chi connectivity index (χ1v) is 11.8. The molecule has 7 nitrogen and oxygen atoms in total. The number of carbonyl (C=O) groups is 1. The molecule has 0 aliphatic carbocycles. The summed E-state index contributed by atoms with van der Waals surface area (Å²) in [5.41, 5.74) is 0.593. The van der Waals surface area contributed by atoms with Crippen LogP contribution >= 0.6 is 11.3 Å². The molecule has 0 aliphatic rings. The molecule has 1 amide bonds. The summed E-state index contributed by atoms with van der Waals surface area (Å²) in [5.74, 6) is 0.123. The van der Waals surface area contributed by atoms with Crippen molar-refractivity contribution in [1.82, 2.24) is 9.71 Å². The molecule has 0 saturated carbocycles. The molecule has 31 heavy (non-hydrogen) atoms. The number of hydrogen-bond donors (Lipinski definition) is 2. The Morgan fingerprint density at radius 3 is 2.55 bits per heavy atom. The summed E-state index contributed by atoms with van der Waals surface area (Å²) < 4.78 is 34.4. The van der Waals surface area contributed by atoms with Crippen molar-refractivity contribution in [2.75, 3.05) is 5.32 Å². The molecule has 4 aromatic rings. The van der Waals surface area contributed by atoms with Gasteiger partial charge in [-0.2, -0.15) is 0 Å². The molecular formula is C22H21N3O4S2. The molecule has 0 aliphatic heterocycles. The fourth-order valence-electron chi connectivity index (χ4n) is 2.95. The second kappa shape index (κ2) is 7.92. The van der Waals surface area contributed by atoms with Crippen LogP contribution in [0.3, 0.4) is 0 Å². The van der Waals surface area contributed by atoms with E-state index in [0.29, 0.717) is 16.5 Å². The Balaban J connectivity index is 1.53. The van der Waals surface area contributed by atoms with E-state index in [9.17, 15) is 13.2 Å². The normalized spacial score (nSPS) is 12.2. The molecule has 0 bridgehead atoms. The predicted molar refractivity (Wildman–Crippen MR) is 122 cm³/mol. The molecule has 0 spiro atoms. The lowest BCUT2D eigenvalue weighted by Crippen LogP contribution is -2.40. The standard InChI is InChI=1S/C22H21N3O4S2/c1-22(2,3)25-31(27,28)15-8-6-7-14(13-15)23-20(26)17-11-12-18(29-17)21-24-16-9-4-5-10-19(16)30-21/h4-13,25H,1-3H3,(H,23,26). The number of carbonyl (C=O) groups excluding carboxylic acids is 1. The van der Waals surface area contributed by atoms with Crippen LogP contribution in [-0.4, -0.2) is 24.8 Å². The number of fused-ring (bicyclic) bond motifs is 1. The predicted octanol–water partition coefficient (Wildman–Crippen LogP) is 4.89. The summed E-state index contributed by atoms with van der Waals surface area (Å²) in [7, 11) is -3.72. The molecule has 0 fully saturated rings. The highest BCUT2D eigenvalue weighted by atomic mass is 32.2. The number of para-hydroxylation sites is 1. The highest BCUT2D eigenvalue weighted by Crippen LogP contribution is 2.31. The van der Waals surface area contributed by atoms with E-state index < -0.39 is 21.5 Å². The monoisotopic (exact) mass is 455 g/mol. The van der Waals surface area contributed by atoms with Crippen molar-refractivity contribution in [2.24, 2.45) is 0 Å². The second-order valence-electron chi connectivity index (χ2n) is 7.99. The van der Waals surface area contributed by atoms with E-state index in [1.807, 2.05) is 24.3 Å². The van der Waals surface area contributed by atoms with Gasteiger partial charge in [0.2, 0.25) is 10.0 Å². The number of aromatic nitrogens is 1. The number of hydrogen-bond acceptors (Lipinski definition) is 6. The van der Waals surface area contributed by atoms with Crippen molar-refractivity contribution in [2.45, 2.75) is 31.2 Å². The fourth-order valence-corrected chi connectivity index (χ4v) is 5.34. The molecule has 160 valence electrons. The molecule has 0 atom stereocenters. The van der Waals surface area contributed by atoms with E-state index in [-0.39, 0.29) is 10.7 Å². The van der Waals surface area contributed by atoms with Crippen LogP contribution in [0.5, 0.6) is 0 Å². The number of amides is 1. The van der Waals surface area contributed by atoms with Crippen molar-refractivity contribution >= 4 is 43.2 Å². The van der Waals surface area contributed by atoms with Crippen LogP contribution in [-0.2, 0) is 10.0 Å². The van der Waals surface area contributed by atoms with E-state index in [2.05, 4.69) is 15.0 Å². The van der Waals surface area contributed by atoms with Gasteiger partial charge in [0.05, 0.1) is 15.1 Å². The van der Waals surface area contributed by atoms with Gasteiger partial charge in [-0.15, -0.1) is 11.3 Å². The van der Waals surface area contributed by atoms with Crippen molar-refractivity contribution in [3.63, 3.8) is 0 Å². The highest BCUT2D eigenvalue weighted by molar-refractivity contribution is 7.89. The number of nitrogens with one attached hydrogen (secondary N) is 2. The Labute approximate surface area is 184 Å². The van der Waals surface area contributed by atoms with E-state index in [0.717, 1.165) is 10.2 Å². The number of rotatable bonds is 5. The third-order valence-electron chi connectivity index (χ3n) is 4.18. The number of nitrogens with zero attached hydrogens (tertiary/aromatic N) is 1. The van der Waals surface area contributed by atoms with Crippen LogP contribution in [0.1, 0.15) is 31.3 Å². The smallest absolute Gasteiger partial charge is 0.291 e. The SMILES string of the molecule is CC(C)(C)NS(=O)(=O)c1cccc(NC(=O)c2ccc(-c3nc4ccccc4s3)o2)c1. The number of sulfonamides is 1. The van der Waals surface area contributed by atoms with Gasteiger partial charge in [0, 0.05) is 11.2 Å². The van der Waals surface area contributed by atoms with Crippen LogP contribution in [0.4, 0.5) is 5.69 Å². The van der Waals surface area contributed by atoms with Gasteiger partial charge in [-0.25, -0.2) is 18.1 Å². The zero-order valence-electron chi connectivity index (χ0n) is 17.2. The minimum Gasteiger partial charge on any atom is -0.448 e. The third kappa shape index (κ3) is 4.84. The van der Waals surface area contributed by atoms with Gasteiger partial charge in [0.1, 0.15) is 0 Å². The van der Waals surface area contributed by atoms with Gasteiger partial charge in [-0.1, -0.05) is 18.2 Å². The molecule has 0 radical (unpaired) electrons. The van der Waals surface area contributed by atoms with Crippen LogP contribution in [0.25, 0.3) is 21.0 Å². The summed E-state index contributed by atoms with van der Waals surface area (Å²) in [6.45, 7) is 5.28. The lowest BCUT2D eigenvalue weighted by atomic mass is 10.1. The van der Waals surface area contributed by atoms with Crippen LogP contribution < -0.4 is 10.0 Å². The summed E-state index contributed by atoms with van der Waals surface area (Å²) in [4.78, 5) is 17.2. The molecule has 2 N–H and O–H groups in total. The third-order valence-corrected chi connectivity index (χ3v) is 6.98. The Morgan fingerprint density at radius 2 is 1.81 bits per heavy atom. The Bertz CT molecular complexity index is 1330. The second-order valence-corrected chi connectivity index (χ2v) is 10.7. The van der Waals surface area contributed by atoms with Gasteiger partial charge in [0.15, 0.2) is 16.5 Å².